The van der Waals surface area contributed by atoms with Crippen molar-refractivity contribution >= 4 is 34.5 Å². The Bertz CT molecular complexity index is 1090. The molecule has 2 saturated heterocycles. The van der Waals surface area contributed by atoms with E-state index in [-0.39, 0.29) is 6.10 Å². The zero-order chi connectivity index (χ0) is 24.9. The highest BCUT2D eigenvalue weighted by atomic mass is 35.5. The van der Waals surface area contributed by atoms with E-state index in [0.717, 1.165) is 61.1 Å². The van der Waals surface area contributed by atoms with E-state index in [9.17, 15) is 5.11 Å². The van der Waals surface area contributed by atoms with E-state index in [2.05, 4.69) is 32.7 Å². The maximum Gasteiger partial charge on any atom is 0.0790 e. The van der Waals surface area contributed by atoms with Crippen LogP contribution in [0.4, 0.5) is 0 Å². The SMILES string of the molecule is OC(CCC1CCN(CC2CN(Cc3ccc(Cl)cc3Cl)CC2c2ccsc2)CC1)c1ccccc1. The summed E-state index contributed by atoms with van der Waals surface area (Å²) in [7, 11) is 0. The Hall–Kier alpha value is -1.40. The number of aliphatic hydroxyl groups excluding tert-OH is 1. The van der Waals surface area contributed by atoms with Gasteiger partial charge in [-0.3, -0.25) is 4.90 Å². The van der Waals surface area contributed by atoms with E-state index < -0.39 is 0 Å². The number of rotatable bonds is 9. The second-order valence-electron chi connectivity index (χ2n) is 10.6. The predicted octanol–water partition coefficient (Wildman–Crippen LogP) is 7.50. The zero-order valence-electron chi connectivity index (χ0n) is 20.7. The Morgan fingerprint density at radius 2 is 1.78 bits per heavy atom. The molecular weight excluding hydrogens is 507 g/mol. The molecule has 0 saturated carbocycles. The molecule has 1 aromatic heterocycles. The minimum absolute atomic E-state index is 0.339. The lowest BCUT2D eigenvalue weighted by Crippen LogP contribution is -2.38. The summed E-state index contributed by atoms with van der Waals surface area (Å²) in [5.41, 5.74) is 3.68. The summed E-state index contributed by atoms with van der Waals surface area (Å²) >= 11 is 14.4. The molecule has 0 radical (unpaired) electrons. The molecule has 3 unspecified atom stereocenters. The fourth-order valence-corrected chi connectivity index (χ4v) is 7.25. The second-order valence-corrected chi connectivity index (χ2v) is 12.2. The number of halogens is 2. The molecule has 3 heterocycles. The predicted molar refractivity (Wildman–Crippen MR) is 152 cm³/mol. The van der Waals surface area contributed by atoms with Crippen molar-refractivity contribution in [2.75, 3.05) is 32.7 Å². The van der Waals surface area contributed by atoms with Crippen molar-refractivity contribution in [3.8, 4) is 0 Å². The van der Waals surface area contributed by atoms with Crippen LogP contribution >= 0.6 is 34.5 Å². The van der Waals surface area contributed by atoms with Gasteiger partial charge in [-0.2, -0.15) is 11.3 Å². The first kappa shape index (κ1) is 26.2. The standard InChI is InChI=1S/C30H36Cl2N2OS/c31-27-8-7-24(29(32)16-27)17-34-19-26(28(20-34)25-12-15-36-21-25)18-33-13-10-22(11-14-33)6-9-30(35)23-4-2-1-3-5-23/h1-5,7-8,12,15-16,21-22,26,28,30,35H,6,9-11,13-14,17-20H2. The first-order chi connectivity index (χ1) is 17.5. The molecule has 0 spiro atoms. The fourth-order valence-electron chi connectivity index (χ4n) is 6.05. The minimum Gasteiger partial charge on any atom is -0.388 e. The van der Waals surface area contributed by atoms with Gasteiger partial charge in [0.2, 0.25) is 0 Å². The molecule has 2 aliphatic rings. The third kappa shape index (κ3) is 6.72. The van der Waals surface area contributed by atoms with Crippen LogP contribution in [0.25, 0.3) is 0 Å². The first-order valence-electron chi connectivity index (χ1n) is 13.2. The van der Waals surface area contributed by atoms with Gasteiger partial charge in [-0.25, -0.2) is 0 Å². The van der Waals surface area contributed by atoms with Crippen LogP contribution in [0.1, 0.15) is 54.4 Å². The smallest absolute Gasteiger partial charge is 0.0790 e. The number of likely N-dealkylation sites (tertiary alicyclic amines) is 2. The van der Waals surface area contributed by atoms with Crippen molar-refractivity contribution in [1.82, 2.24) is 9.80 Å². The van der Waals surface area contributed by atoms with Gasteiger partial charge in [0.05, 0.1) is 6.10 Å². The zero-order valence-corrected chi connectivity index (χ0v) is 23.1. The summed E-state index contributed by atoms with van der Waals surface area (Å²) in [4.78, 5) is 5.26. The van der Waals surface area contributed by atoms with Crippen molar-refractivity contribution < 1.29 is 5.11 Å². The van der Waals surface area contributed by atoms with Gasteiger partial charge in [0, 0.05) is 42.1 Å². The van der Waals surface area contributed by atoms with E-state index in [1.807, 2.05) is 42.5 Å². The Kier molecular flexibility index (Phi) is 9.05. The normalized spacial score (nSPS) is 22.8. The van der Waals surface area contributed by atoms with Crippen LogP contribution in [0.3, 0.4) is 0 Å². The third-order valence-electron chi connectivity index (χ3n) is 8.13. The Labute approximate surface area is 229 Å². The molecule has 2 aliphatic heterocycles. The summed E-state index contributed by atoms with van der Waals surface area (Å²) < 4.78 is 0. The molecule has 3 nitrogen and oxygen atoms in total. The van der Waals surface area contributed by atoms with E-state index >= 15 is 0 Å². The molecule has 1 N–H and O–H groups in total. The average molecular weight is 544 g/mol. The molecule has 0 bridgehead atoms. The molecule has 3 aromatic rings. The highest BCUT2D eigenvalue weighted by Gasteiger charge is 2.36. The minimum atomic E-state index is -0.339. The number of piperidine rings is 1. The van der Waals surface area contributed by atoms with Crippen molar-refractivity contribution in [2.24, 2.45) is 11.8 Å². The highest BCUT2D eigenvalue weighted by molar-refractivity contribution is 7.08. The maximum atomic E-state index is 10.5. The van der Waals surface area contributed by atoms with Crippen LogP contribution in [0.15, 0.2) is 65.4 Å². The molecule has 2 fully saturated rings. The quantitative estimate of drug-likeness (QED) is 0.303. The number of thiophene rings is 1. The summed E-state index contributed by atoms with van der Waals surface area (Å²) in [6, 6.07) is 18.3. The van der Waals surface area contributed by atoms with E-state index in [1.54, 1.807) is 11.3 Å². The van der Waals surface area contributed by atoms with E-state index in [0.29, 0.717) is 16.9 Å². The van der Waals surface area contributed by atoms with E-state index in [1.165, 1.54) is 31.5 Å². The molecule has 3 atom stereocenters. The third-order valence-corrected chi connectivity index (χ3v) is 9.42. The molecule has 0 aliphatic carbocycles. The maximum absolute atomic E-state index is 10.5. The fraction of sp³-hybridized carbons (Fsp3) is 0.467. The number of hydrogen-bond acceptors (Lipinski definition) is 4. The molecule has 192 valence electrons. The monoisotopic (exact) mass is 542 g/mol. The van der Waals surface area contributed by atoms with Gasteiger partial charge in [-0.1, -0.05) is 59.6 Å². The van der Waals surface area contributed by atoms with Crippen LogP contribution in [0.5, 0.6) is 0 Å². The molecular formula is C30H36Cl2N2OS. The van der Waals surface area contributed by atoms with Crippen LogP contribution in [-0.2, 0) is 6.54 Å². The lowest BCUT2D eigenvalue weighted by molar-refractivity contribution is 0.125. The number of aliphatic hydroxyl groups is 1. The highest BCUT2D eigenvalue weighted by Crippen LogP contribution is 2.37. The van der Waals surface area contributed by atoms with Gasteiger partial charge in [0.1, 0.15) is 0 Å². The van der Waals surface area contributed by atoms with E-state index in [4.69, 9.17) is 23.2 Å². The second kappa shape index (κ2) is 12.4. The summed E-state index contributed by atoms with van der Waals surface area (Å²) in [5, 5.41) is 16.5. The Morgan fingerprint density at radius 3 is 2.50 bits per heavy atom. The molecule has 2 aromatic carbocycles. The lowest BCUT2D eigenvalue weighted by Gasteiger charge is -2.35. The van der Waals surface area contributed by atoms with Gasteiger partial charge in [-0.05, 0) is 96.3 Å². The van der Waals surface area contributed by atoms with Crippen molar-refractivity contribution in [3.05, 3.63) is 92.1 Å². The lowest BCUT2D eigenvalue weighted by atomic mass is 9.87. The summed E-state index contributed by atoms with van der Waals surface area (Å²) in [6.07, 6.45) is 4.11. The van der Waals surface area contributed by atoms with Crippen LogP contribution < -0.4 is 0 Å². The van der Waals surface area contributed by atoms with Crippen molar-refractivity contribution in [2.45, 2.75) is 44.2 Å². The van der Waals surface area contributed by atoms with Gasteiger partial charge >= 0.3 is 0 Å². The Morgan fingerprint density at radius 1 is 0.972 bits per heavy atom. The summed E-state index contributed by atoms with van der Waals surface area (Å²) in [6.45, 7) is 6.55. The van der Waals surface area contributed by atoms with Gasteiger partial charge in [0.25, 0.3) is 0 Å². The van der Waals surface area contributed by atoms with Crippen molar-refractivity contribution in [3.63, 3.8) is 0 Å². The van der Waals surface area contributed by atoms with Gasteiger partial charge in [0.15, 0.2) is 0 Å². The average Bonchev–Trinajstić information content (AvgIpc) is 3.56. The topological polar surface area (TPSA) is 26.7 Å². The molecule has 5 rings (SSSR count). The molecule has 0 amide bonds. The first-order valence-corrected chi connectivity index (χ1v) is 14.9. The molecule has 36 heavy (non-hydrogen) atoms. The number of hydrogen-bond donors (Lipinski definition) is 1. The van der Waals surface area contributed by atoms with Gasteiger partial charge in [-0.15, -0.1) is 0 Å². The van der Waals surface area contributed by atoms with Crippen LogP contribution in [0.2, 0.25) is 10.0 Å². The number of nitrogens with zero attached hydrogens (tertiary/aromatic N) is 2. The summed E-state index contributed by atoms with van der Waals surface area (Å²) in [5.74, 6) is 1.92. The van der Waals surface area contributed by atoms with Gasteiger partial charge < -0.3 is 10.0 Å². The molecule has 6 heteroatoms. The van der Waals surface area contributed by atoms with Crippen LogP contribution in [0, 0.1) is 11.8 Å². The van der Waals surface area contributed by atoms with Crippen molar-refractivity contribution in [1.29, 1.82) is 0 Å². The Balaban J connectivity index is 1.14. The number of benzene rings is 2. The largest absolute Gasteiger partial charge is 0.388 e. The van der Waals surface area contributed by atoms with Crippen LogP contribution in [-0.4, -0.2) is 47.6 Å².